The molecule has 4 saturated carbocycles. The molecule has 532 valence electrons. The molecule has 0 aliphatic heterocycles. The Morgan fingerprint density at radius 3 is 1.01 bits per heavy atom. The van der Waals surface area contributed by atoms with E-state index in [9.17, 15) is 28.8 Å². The van der Waals surface area contributed by atoms with Crippen molar-refractivity contribution in [3.05, 3.63) is 117 Å². The number of nitrogens with one attached hydrogen (secondary N) is 3. The third-order valence-electron chi connectivity index (χ3n) is 25.0. The van der Waals surface area contributed by atoms with Crippen LogP contribution in [0.3, 0.4) is 0 Å². The summed E-state index contributed by atoms with van der Waals surface area (Å²) in [5.74, 6) is 0.655. The van der Waals surface area contributed by atoms with E-state index in [1.54, 1.807) is 7.05 Å². The number of nitrogen functional groups attached to an aromatic ring is 1. The van der Waals surface area contributed by atoms with Gasteiger partial charge in [-0.25, -0.2) is 4.79 Å². The van der Waals surface area contributed by atoms with E-state index in [1.165, 1.54) is 57.1 Å². The Labute approximate surface area is 573 Å². The molecule has 8 aliphatic rings. The van der Waals surface area contributed by atoms with Crippen molar-refractivity contribution in [2.75, 3.05) is 42.4 Å². The zero-order chi connectivity index (χ0) is 65.0. The molecule has 0 bridgehead atoms. The third-order valence-corrected chi connectivity index (χ3v) is 25.0. The Morgan fingerprint density at radius 2 is 0.716 bits per heavy atom. The lowest BCUT2D eigenvalue weighted by Gasteiger charge is -2.54. The number of urea groups is 1. The van der Waals surface area contributed by atoms with Gasteiger partial charge in [0.05, 0.1) is 0 Å². The van der Waals surface area contributed by atoms with Gasteiger partial charge in [-0.3, -0.25) is 28.7 Å². The Morgan fingerprint density at radius 1 is 0.432 bits per heavy atom. The van der Waals surface area contributed by atoms with Crippen LogP contribution in [0.2, 0.25) is 0 Å². The number of nitrogens with zero attached hydrogens (tertiary/aromatic N) is 1. The standard InChI is InChI=1S/C19H27N3O2.C19H26N2O2.C19H28N2O.C17H24N2O.5CH4.FH.H2/c1-18-9-4-10-19(2,16(20)23)15(18)8-5-12-11-13(6-7-14(12)18)22-17(24)21-3;1-12(22)21-14-6-7-15-13(11-14)5-8-16-18(15,2)9-4-10-19(16,3)17(20)23;1-18-10-5-11-19(2,17(20)22)16(18)9-6-13-12-14(21(3)4)7-8-15(13)18;1-16-8-3-9-17(2,15(19)20)14(16)7-4-11-10-12(18)5-6-13(11)16;;;;;;;/h6-7,11,15H,4-5,8-10H2,1-3H3,(H2,20,23)(H2,21,22,24);6-7,11,16H,4-5,8-10H2,1-3H3,(H2,20,23)(H,21,22);7-8,12,16H,5-6,9-11H2,1-4H3,(H2,20,22);5-6,10,14H,3-4,7-9,18H2,1-2H3,(H2,19,20);5*1H4;2*1H/i;;;;;;;;;;1+1. The summed E-state index contributed by atoms with van der Waals surface area (Å²) in [6.45, 7) is 19.0. The molecule has 4 aromatic rings. The number of anilines is 4. The smallest absolute Gasteiger partial charge is 0.318 e. The van der Waals surface area contributed by atoms with Crippen LogP contribution < -0.4 is 49.5 Å². The normalized spacial score (nSPS) is 31.2. The molecular formula is C79H128FN9O6. The number of carbonyl (C=O) groups excluding carboxylic acids is 6. The fourth-order valence-electron chi connectivity index (χ4n) is 20.0. The second-order valence-electron chi connectivity index (χ2n) is 30.4. The summed E-state index contributed by atoms with van der Waals surface area (Å²) in [5, 5.41) is 8.27. The molecule has 15 nitrogen and oxygen atoms in total. The molecule has 8 aliphatic carbocycles. The Kier molecular flexibility index (Phi) is 26.5. The average Bonchev–Trinajstić information content (AvgIpc) is 0.783. The minimum atomic E-state index is -0.427. The van der Waals surface area contributed by atoms with Crippen molar-refractivity contribution in [1.29, 1.82) is 0 Å². The number of aryl methyl sites for hydroxylation is 4. The van der Waals surface area contributed by atoms with Crippen molar-refractivity contribution >= 4 is 58.3 Å². The number of amides is 7. The number of hydrogen-bond acceptors (Lipinski definition) is 8. The zero-order valence-corrected chi connectivity index (χ0v) is 56.1. The maximum Gasteiger partial charge on any atom is 0.318 e. The third kappa shape index (κ3) is 14.7. The Balaban J connectivity index is 0.000000426. The summed E-state index contributed by atoms with van der Waals surface area (Å²) in [6.07, 6.45) is 20.3. The van der Waals surface area contributed by atoms with Gasteiger partial charge in [-0.05, 0) is 241 Å². The topological polar surface area (TPSA) is 272 Å². The predicted octanol–water partition coefficient (Wildman–Crippen LogP) is 15.7. The molecule has 0 saturated heterocycles. The van der Waals surface area contributed by atoms with Crippen LogP contribution in [0.25, 0.3) is 0 Å². The van der Waals surface area contributed by atoms with Crippen molar-refractivity contribution in [2.24, 2.45) is 68.3 Å². The molecule has 12 atom stereocenters. The molecule has 7 amide bonds. The number of benzene rings is 4. The van der Waals surface area contributed by atoms with Gasteiger partial charge in [0.15, 0.2) is 0 Å². The maximum atomic E-state index is 12.2. The van der Waals surface area contributed by atoms with Crippen LogP contribution in [-0.4, -0.2) is 56.7 Å². The van der Waals surface area contributed by atoms with Crippen LogP contribution >= 0.6 is 0 Å². The van der Waals surface area contributed by atoms with Crippen LogP contribution in [0.15, 0.2) is 72.8 Å². The first-order valence-corrected chi connectivity index (χ1v) is 33.2. The van der Waals surface area contributed by atoms with Crippen molar-refractivity contribution in [2.45, 2.75) is 250 Å². The minimum absolute atomic E-state index is 0. The molecule has 13 N–H and O–H groups in total. The van der Waals surface area contributed by atoms with Crippen molar-refractivity contribution < 1.29 is 34.9 Å². The van der Waals surface area contributed by atoms with Gasteiger partial charge in [0.2, 0.25) is 29.5 Å². The molecule has 0 aromatic heterocycles. The zero-order valence-electron chi connectivity index (χ0n) is 56.1. The fourth-order valence-corrected chi connectivity index (χ4v) is 20.0. The van der Waals surface area contributed by atoms with Gasteiger partial charge < -0.3 is 49.5 Å². The van der Waals surface area contributed by atoms with Crippen LogP contribution in [0.1, 0.15) is 248 Å². The number of carbonyl (C=O) groups is 6. The summed E-state index contributed by atoms with van der Waals surface area (Å²) >= 11 is 0. The quantitative estimate of drug-likeness (QED) is 0.0822. The Hall–Kier alpha value is -6.97. The summed E-state index contributed by atoms with van der Waals surface area (Å²) in [7, 11) is 5.77. The molecule has 4 aromatic carbocycles. The van der Waals surface area contributed by atoms with Gasteiger partial charge in [0.1, 0.15) is 0 Å². The highest BCUT2D eigenvalue weighted by molar-refractivity contribution is 5.90. The number of rotatable bonds is 7. The number of halogens is 1. The van der Waals surface area contributed by atoms with E-state index >= 15 is 0 Å². The summed E-state index contributed by atoms with van der Waals surface area (Å²) in [4.78, 5) is 73.4. The van der Waals surface area contributed by atoms with Gasteiger partial charge >= 0.3 is 6.03 Å². The number of hydrogen-bond donors (Lipinski definition) is 8. The van der Waals surface area contributed by atoms with E-state index in [0.29, 0.717) is 17.8 Å². The van der Waals surface area contributed by atoms with Crippen LogP contribution in [-0.2, 0) is 71.3 Å². The largest absolute Gasteiger partial charge is 0.399 e. The van der Waals surface area contributed by atoms with Gasteiger partial charge in [0, 0.05) is 73.9 Å². The van der Waals surface area contributed by atoms with E-state index in [2.05, 4.69) is 131 Å². The average molecular weight is 1320 g/mol. The van der Waals surface area contributed by atoms with E-state index in [-0.39, 0.29) is 117 Å². The molecule has 0 radical (unpaired) electrons. The van der Waals surface area contributed by atoms with Crippen molar-refractivity contribution in [3.8, 4) is 0 Å². The monoisotopic (exact) mass is 1320 g/mol. The SMILES string of the molecule is C.C.C.C.C.CC(=O)Nc1ccc2c(c1)CCC1C(C)(C(N)=O)CCCC21C.CC1(C(N)=O)CCCC2(C)c3ccc(N)cc3CCC12.CN(C)c1ccc2c(c1)CCC1C(C)(C(N)=O)CCCC21C.CNC(=O)Nc1ccc2c(c1)CCC1C(C)(C(N)=O)CCCC21C.F.[2HH]. The summed E-state index contributed by atoms with van der Waals surface area (Å²) < 4.78 is 0. The molecule has 16 heteroatoms. The van der Waals surface area contributed by atoms with Crippen LogP contribution in [0, 0.1) is 45.3 Å². The molecule has 12 unspecified atom stereocenters. The number of fused-ring (bicyclic) bond motifs is 12. The lowest BCUT2D eigenvalue weighted by Crippen LogP contribution is -2.54. The highest BCUT2D eigenvalue weighted by atomic mass is 19.0. The molecule has 95 heavy (non-hydrogen) atoms. The maximum absolute atomic E-state index is 12.2. The highest BCUT2D eigenvalue weighted by Gasteiger charge is 2.58. The van der Waals surface area contributed by atoms with Gasteiger partial charge in [-0.1, -0.05) is 142 Å². The summed E-state index contributed by atoms with van der Waals surface area (Å²) in [6, 6.07) is 25.2. The first-order chi connectivity index (χ1) is 41.7. The number of nitrogens with two attached hydrogens (primary N) is 5. The highest BCUT2D eigenvalue weighted by Crippen LogP contribution is 2.61. The minimum Gasteiger partial charge on any atom is -0.399 e. The van der Waals surface area contributed by atoms with Gasteiger partial charge in [-0.15, -0.1) is 0 Å². The lowest BCUT2D eigenvalue weighted by atomic mass is 9.49. The molecule has 0 heterocycles. The molecule has 4 fully saturated rings. The van der Waals surface area contributed by atoms with Gasteiger partial charge in [0.25, 0.3) is 0 Å². The number of primary amides is 4. The lowest BCUT2D eigenvalue weighted by molar-refractivity contribution is -0.136. The van der Waals surface area contributed by atoms with Crippen molar-refractivity contribution in [1.82, 2.24) is 5.32 Å². The van der Waals surface area contributed by atoms with Gasteiger partial charge in [-0.2, -0.15) is 0 Å². The predicted molar refractivity (Wildman–Crippen MR) is 396 cm³/mol. The Bertz CT molecular complexity index is 3430. The molecule has 0 spiro atoms. The first-order valence-electron chi connectivity index (χ1n) is 33.2. The van der Waals surface area contributed by atoms with Crippen LogP contribution in [0.4, 0.5) is 32.2 Å². The van der Waals surface area contributed by atoms with E-state index < -0.39 is 10.8 Å². The van der Waals surface area contributed by atoms with E-state index in [0.717, 1.165) is 145 Å². The van der Waals surface area contributed by atoms with E-state index in [1.807, 2.05) is 32.0 Å². The fraction of sp³-hybridized carbons (Fsp3) is 0.620. The molecular weight excluding hydrogens is 1190 g/mol. The molecule has 12 rings (SSSR count). The van der Waals surface area contributed by atoms with Crippen molar-refractivity contribution in [3.63, 3.8) is 0 Å². The van der Waals surface area contributed by atoms with E-state index in [4.69, 9.17) is 28.7 Å². The summed E-state index contributed by atoms with van der Waals surface area (Å²) in [5.41, 5.74) is 42.2. The first kappa shape index (κ1) is 82.3. The second kappa shape index (κ2) is 30.6. The van der Waals surface area contributed by atoms with Crippen LogP contribution in [0.5, 0.6) is 0 Å². The second-order valence-corrected chi connectivity index (χ2v) is 30.4.